The highest BCUT2D eigenvalue weighted by Crippen LogP contribution is 2.21. The summed E-state index contributed by atoms with van der Waals surface area (Å²) in [5, 5.41) is 8.03. The molecule has 1 aliphatic heterocycles. The lowest BCUT2D eigenvalue weighted by molar-refractivity contribution is -0.127. The number of aromatic nitrogens is 1. The molecule has 2 aromatic rings. The summed E-state index contributed by atoms with van der Waals surface area (Å²) in [5.74, 6) is 1.14. The molecular weight excluding hydrogens is 338 g/mol. The molecule has 146 valence electrons. The highest BCUT2D eigenvalue weighted by atomic mass is 16.2. The van der Waals surface area contributed by atoms with E-state index in [0.29, 0.717) is 6.42 Å². The summed E-state index contributed by atoms with van der Waals surface area (Å²) in [6.45, 7) is 8.33. The number of nitrogens with one attached hydrogen (secondary N) is 3. The van der Waals surface area contributed by atoms with E-state index >= 15 is 0 Å². The van der Waals surface area contributed by atoms with Crippen LogP contribution in [0.15, 0.2) is 29.3 Å². The Labute approximate surface area is 161 Å². The molecule has 3 N–H and O–H groups in total. The summed E-state index contributed by atoms with van der Waals surface area (Å²) in [6.07, 6.45) is 3.56. The van der Waals surface area contributed by atoms with Crippen LogP contribution in [0.5, 0.6) is 0 Å². The summed E-state index contributed by atoms with van der Waals surface area (Å²) in [7, 11) is 0. The number of guanidine groups is 1. The van der Waals surface area contributed by atoms with Crippen LogP contribution in [0.3, 0.4) is 0 Å². The molecule has 0 saturated carbocycles. The minimum absolute atomic E-state index is 0.290. The highest BCUT2D eigenvalue weighted by Gasteiger charge is 2.18. The minimum atomic E-state index is 0.290. The predicted molar refractivity (Wildman–Crippen MR) is 111 cm³/mol. The zero-order valence-electron chi connectivity index (χ0n) is 16.5. The summed E-state index contributed by atoms with van der Waals surface area (Å²) < 4.78 is 0. The number of aryl methyl sites for hydroxylation is 1. The van der Waals surface area contributed by atoms with Gasteiger partial charge in [-0.2, -0.15) is 0 Å². The molecule has 1 amide bonds. The van der Waals surface area contributed by atoms with Crippen molar-refractivity contribution in [2.24, 2.45) is 4.99 Å². The molecule has 27 heavy (non-hydrogen) atoms. The van der Waals surface area contributed by atoms with E-state index in [9.17, 15) is 4.79 Å². The van der Waals surface area contributed by atoms with Gasteiger partial charge < -0.3 is 20.5 Å². The van der Waals surface area contributed by atoms with Gasteiger partial charge in [0.2, 0.25) is 5.91 Å². The highest BCUT2D eigenvalue weighted by molar-refractivity contribution is 5.85. The van der Waals surface area contributed by atoms with Crippen LogP contribution in [-0.2, 0) is 11.2 Å². The number of rotatable bonds is 8. The van der Waals surface area contributed by atoms with E-state index in [-0.39, 0.29) is 5.91 Å². The lowest BCUT2D eigenvalue weighted by Crippen LogP contribution is -2.38. The van der Waals surface area contributed by atoms with Gasteiger partial charge in [-0.25, -0.2) is 0 Å². The van der Waals surface area contributed by atoms with Crippen molar-refractivity contribution in [2.45, 2.75) is 39.5 Å². The van der Waals surface area contributed by atoms with Gasteiger partial charge in [0, 0.05) is 55.7 Å². The van der Waals surface area contributed by atoms with Gasteiger partial charge in [0.25, 0.3) is 0 Å². The van der Waals surface area contributed by atoms with E-state index in [0.717, 1.165) is 57.9 Å². The van der Waals surface area contributed by atoms with Crippen molar-refractivity contribution >= 4 is 22.8 Å². The molecule has 1 aromatic carbocycles. The maximum atomic E-state index is 11.6. The number of likely N-dealkylation sites (tertiary alicyclic amines) is 1. The van der Waals surface area contributed by atoms with E-state index in [1.165, 1.54) is 22.2 Å². The van der Waals surface area contributed by atoms with Gasteiger partial charge in [0.1, 0.15) is 0 Å². The van der Waals surface area contributed by atoms with E-state index < -0.39 is 0 Å². The van der Waals surface area contributed by atoms with Crippen LogP contribution >= 0.6 is 0 Å². The first-order valence-corrected chi connectivity index (χ1v) is 10.0. The van der Waals surface area contributed by atoms with Gasteiger partial charge >= 0.3 is 0 Å². The first kappa shape index (κ1) is 19.3. The maximum Gasteiger partial charge on any atom is 0.222 e. The van der Waals surface area contributed by atoms with Crippen molar-refractivity contribution in [2.75, 3.05) is 32.7 Å². The number of benzene rings is 1. The molecule has 0 radical (unpaired) electrons. The first-order chi connectivity index (χ1) is 13.2. The molecule has 1 saturated heterocycles. The number of para-hydroxylation sites is 1. The third kappa shape index (κ3) is 5.02. The van der Waals surface area contributed by atoms with Crippen LogP contribution in [0.2, 0.25) is 0 Å². The second kappa shape index (κ2) is 9.44. The molecule has 6 heteroatoms. The molecule has 0 unspecified atom stereocenters. The second-order valence-electron chi connectivity index (χ2n) is 7.05. The predicted octanol–water partition coefficient (Wildman–Crippen LogP) is 2.59. The minimum Gasteiger partial charge on any atom is -0.358 e. The van der Waals surface area contributed by atoms with Gasteiger partial charge in [0.15, 0.2) is 5.96 Å². The van der Waals surface area contributed by atoms with Gasteiger partial charge in [-0.05, 0) is 44.7 Å². The fourth-order valence-corrected chi connectivity index (χ4v) is 3.70. The molecule has 6 nitrogen and oxygen atoms in total. The van der Waals surface area contributed by atoms with Crippen LogP contribution in [-0.4, -0.2) is 54.5 Å². The average Bonchev–Trinajstić information content (AvgIpc) is 3.21. The van der Waals surface area contributed by atoms with Crippen molar-refractivity contribution in [1.82, 2.24) is 20.5 Å². The summed E-state index contributed by atoms with van der Waals surface area (Å²) in [5.41, 5.74) is 3.79. The lowest BCUT2D eigenvalue weighted by Gasteiger charge is -2.15. The smallest absolute Gasteiger partial charge is 0.222 e. The first-order valence-electron chi connectivity index (χ1n) is 10.0. The van der Waals surface area contributed by atoms with E-state index in [4.69, 9.17) is 0 Å². The number of carbonyl (C=O) groups is 1. The van der Waals surface area contributed by atoms with Gasteiger partial charge in [-0.15, -0.1) is 0 Å². The third-order valence-electron chi connectivity index (χ3n) is 5.07. The number of fused-ring (bicyclic) bond motifs is 1. The van der Waals surface area contributed by atoms with Crippen molar-refractivity contribution < 1.29 is 4.79 Å². The summed E-state index contributed by atoms with van der Waals surface area (Å²) in [6, 6.07) is 8.44. The second-order valence-corrected chi connectivity index (χ2v) is 7.05. The molecule has 1 aromatic heterocycles. The molecule has 0 spiro atoms. The topological polar surface area (TPSA) is 72.5 Å². The molecule has 1 aliphatic rings. The normalized spacial score (nSPS) is 15.0. The Balaban J connectivity index is 1.48. The Hall–Kier alpha value is -2.50. The Bertz CT molecular complexity index is 795. The number of aromatic amines is 1. The number of amides is 1. The van der Waals surface area contributed by atoms with Crippen LogP contribution < -0.4 is 10.6 Å². The third-order valence-corrected chi connectivity index (χ3v) is 5.07. The Kier molecular flexibility index (Phi) is 6.74. The Morgan fingerprint density at radius 2 is 2.15 bits per heavy atom. The number of hydrogen-bond acceptors (Lipinski definition) is 2. The van der Waals surface area contributed by atoms with E-state index in [1.54, 1.807) is 0 Å². The van der Waals surface area contributed by atoms with E-state index in [2.05, 4.69) is 58.7 Å². The van der Waals surface area contributed by atoms with Crippen LogP contribution in [0.1, 0.15) is 37.4 Å². The molecular formula is C21H31N5O. The Morgan fingerprint density at radius 3 is 2.93 bits per heavy atom. The molecule has 1 fully saturated rings. The van der Waals surface area contributed by atoms with Gasteiger partial charge in [0.05, 0.1) is 0 Å². The lowest BCUT2D eigenvalue weighted by atomic mass is 10.1. The largest absolute Gasteiger partial charge is 0.358 e. The average molecular weight is 370 g/mol. The Morgan fingerprint density at radius 1 is 1.30 bits per heavy atom. The fourth-order valence-electron chi connectivity index (χ4n) is 3.70. The molecule has 3 rings (SSSR count). The number of H-pyrrole nitrogens is 1. The monoisotopic (exact) mass is 369 g/mol. The van der Waals surface area contributed by atoms with Crippen LogP contribution in [0, 0.1) is 6.92 Å². The SMILES string of the molecule is CCNC(=NCCCN1CCCC1=O)NCCc1c(C)[nH]c2ccccc12. The van der Waals surface area contributed by atoms with Gasteiger partial charge in [-0.3, -0.25) is 9.79 Å². The summed E-state index contributed by atoms with van der Waals surface area (Å²) in [4.78, 5) is 21.7. The quantitative estimate of drug-likeness (QED) is 0.380. The standard InChI is InChI=1S/C21H31N5O/c1-3-22-21(23-12-7-15-26-14-6-10-20(26)27)24-13-11-17-16(2)25-19-9-5-4-8-18(17)19/h4-5,8-9,25H,3,6-7,10-15H2,1-2H3,(H2,22,23,24). The molecule has 0 aliphatic carbocycles. The number of aliphatic imine (C=N–C) groups is 1. The van der Waals surface area contributed by atoms with E-state index in [1.807, 2.05) is 4.90 Å². The van der Waals surface area contributed by atoms with Crippen molar-refractivity contribution in [3.63, 3.8) is 0 Å². The maximum absolute atomic E-state index is 11.6. The van der Waals surface area contributed by atoms with Crippen molar-refractivity contribution in [3.8, 4) is 0 Å². The zero-order valence-corrected chi connectivity index (χ0v) is 16.5. The zero-order chi connectivity index (χ0) is 19.1. The fraction of sp³-hybridized carbons (Fsp3) is 0.524. The number of nitrogens with zero attached hydrogens (tertiary/aromatic N) is 2. The van der Waals surface area contributed by atoms with Crippen LogP contribution in [0.4, 0.5) is 0 Å². The molecule has 2 heterocycles. The van der Waals surface area contributed by atoms with Crippen molar-refractivity contribution in [1.29, 1.82) is 0 Å². The molecule has 0 bridgehead atoms. The van der Waals surface area contributed by atoms with Crippen molar-refractivity contribution in [3.05, 3.63) is 35.5 Å². The number of carbonyl (C=O) groups excluding carboxylic acids is 1. The number of hydrogen-bond donors (Lipinski definition) is 3. The van der Waals surface area contributed by atoms with Gasteiger partial charge in [-0.1, -0.05) is 18.2 Å². The molecule has 0 atom stereocenters. The van der Waals surface area contributed by atoms with Crippen LogP contribution in [0.25, 0.3) is 10.9 Å². The summed E-state index contributed by atoms with van der Waals surface area (Å²) >= 11 is 0.